The number of carbonyl (C=O) groups is 2. The van der Waals surface area contributed by atoms with Crippen LogP contribution in [-0.2, 0) is 9.59 Å². The molecule has 0 rings (SSSR count). The SMILES string of the molecule is CN(C)CCNC(=O)C(CCCCN)N(C)C(=O)C(C)(C)C. The van der Waals surface area contributed by atoms with Crippen molar-refractivity contribution < 1.29 is 9.59 Å². The number of nitrogens with two attached hydrogens (primary N) is 1. The quantitative estimate of drug-likeness (QED) is 0.613. The van der Waals surface area contributed by atoms with Crippen LogP contribution < -0.4 is 11.1 Å². The summed E-state index contributed by atoms with van der Waals surface area (Å²) in [6, 6.07) is -0.430. The van der Waals surface area contributed by atoms with Gasteiger partial charge in [0.2, 0.25) is 11.8 Å². The molecule has 22 heavy (non-hydrogen) atoms. The van der Waals surface area contributed by atoms with Gasteiger partial charge in [0.15, 0.2) is 0 Å². The average molecular weight is 314 g/mol. The van der Waals surface area contributed by atoms with Gasteiger partial charge in [0, 0.05) is 25.6 Å². The van der Waals surface area contributed by atoms with Gasteiger partial charge in [-0.1, -0.05) is 20.8 Å². The zero-order valence-corrected chi connectivity index (χ0v) is 15.1. The van der Waals surface area contributed by atoms with Crippen LogP contribution in [0.5, 0.6) is 0 Å². The lowest BCUT2D eigenvalue weighted by molar-refractivity contribution is -0.145. The normalized spacial score (nSPS) is 13.1. The summed E-state index contributed by atoms with van der Waals surface area (Å²) in [5, 5.41) is 2.92. The van der Waals surface area contributed by atoms with Gasteiger partial charge in [-0.2, -0.15) is 0 Å². The molecule has 3 N–H and O–H groups in total. The Balaban J connectivity index is 4.79. The van der Waals surface area contributed by atoms with Crippen molar-refractivity contribution in [1.82, 2.24) is 15.1 Å². The Labute approximate surface area is 135 Å². The van der Waals surface area contributed by atoms with Crippen molar-refractivity contribution in [2.24, 2.45) is 11.1 Å². The van der Waals surface area contributed by atoms with Gasteiger partial charge in [-0.3, -0.25) is 9.59 Å². The summed E-state index contributed by atoms with van der Waals surface area (Å²) in [5.41, 5.74) is 5.03. The number of nitrogens with one attached hydrogen (secondary N) is 1. The first-order valence-corrected chi connectivity index (χ1v) is 8.01. The zero-order chi connectivity index (χ0) is 17.3. The minimum atomic E-state index is -0.495. The highest BCUT2D eigenvalue weighted by atomic mass is 16.2. The first kappa shape index (κ1) is 20.9. The van der Waals surface area contributed by atoms with Crippen LogP contribution in [0.1, 0.15) is 40.0 Å². The fourth-order valence-electron chi connectivity index (χ4n) is 2.17. The van der Waals surface area contributed by atoms with E-state index in [9.17, 15) is 9.59 Å². The van der Waals surface area contributed by atoms with E-state index >= 15 is 0 Å². The summed E-state index contributed by atoms with van der Waals surface area (Å²) >= 11 is 0. The van der Waals surface area contributed by atoms with Gasteiger partial charge in [0.25, 0.3) is 0 Å². The van der Waals surface area contributed by atoms with E-state index in [-0.39, 0.29) is 11.8 Å². The number of rotatable bonds is 9. The van der Waals surface area contributed by atoms with Crippen LogP contribution in [-0.4, -0.2) is 68.4 Å². The van der Waals surface area contributed by atoms with Crippen LogP contribution in [0, 0.1) is 5.41 Å². The molecule has 0 aromatic carbocycles. The smallest absolute Gasteiger partial charge is 0.242 e. The number of amides is 2. The van der Waals surface area contributed by atoms with Crippen molar-refractivity contribution in [1.29, 1.82) is 0 Å². The largest absolute Gasteiger partial charge is 0.353 e. The number of hydrogen-bond acceptors (Lipinski definition) is 4. The predicted molar refractivity (Wildman–Crippen MR) is 90.5 cm³/mol. The van der Waals surface area contributed by atoms with Gasteiger partial charge < -0.3 is 20.9 Å². The third-order valence-electron chi connectivity index (χ3n) is 3.52. The minimum Gasteiger partial charge on any atom is -0.353 e. The lowest BCUT2D eigenvalue weighted by Gasteiger charge is -2.32. The van der Waals surface area contributed by atoms with Crippen molar-refractivity contribution in [3.63, 3.8) is 0 Å². The fraction of sp³-hybridized carbons (Fsp3) is 0.875. The molecule has 0 aromatic rings. The van der Waals surface area contributed by atoms with Gasteiger partial charge >= 0.3 is 0 Å². The molecule has 0 aromatic heterocycles. The first-order chi connectivity index (χ1) is 10.1. The topological polar surface area (TPSA) is 78.7 Å². The highest BCUT2D eigenvalue weighted by Crippen LogP contribution is 2.20. The summed E-state index contributed by atoms with van der Waals surface area (Å²) < 4.78 is 0. The summed E-state index contributed by atoms with van der Waals surface area (Å²) in [6.07, 6.45) is 2.34. The van der Waals surface area contributed by atoms with Gasteiger partial charge in [0.05, 0.1) is 0 Å². The highest BCUT2D eigenvalue weighted by molar-refractivity contribution is 5.89. The molecule has 0 aliphatic rings. The van der Waals surface area contributed by atoms with Gasteiger partial charge in [-0.15, -0.1) is 0 Å². The van der Waals surface area contributed by atoms with Gasteiger partial charge in [0.1, 0.15) is 6.04 Å². The maximum Gasteiger partial charge on any atom is 0.242 e. The second kappa shape index (κ2) is 9.79. The molecule has 6 nitrogen and oxygen atoms in total. The molecule has 0 aliphatic carbocycles. The van der Waals surface area contributed by atoms with E-state index in [1.807, 2.05) is 39.8 Å². The number of hydrogen-bond donors (Lipinski definition) is 2. The summed E-state index contributed by atoms with van der Waals surface area (Å²) in [7, 11) is 5.63. The molecule has 130 valence electrons. The van der Waals surface area contributed by atoms with Gasteiger partial charge in [-0.05, 0) is 39.9 Å². The van der Waals surface area contributed by atoms with E-state index in [4.69, 9.17) is 5.73 Å². The Kier molecular flexibility index (Phi) is 9.28. The van der Waals surface area contributed by atoms with Crippen LogP contribution in [0.4, 0.5) is 0 Å². The Morgan fingerprint density at radius 2 is 1.73 bits per heavy atom. The van der Waals surface area contributed by atoms with Crippen LogP contribution in [0.2, 0.25) is 0 Å². The molecule has 0 saturated carbocycles. The van der Waals surface area contributed by atoms with E-state index in [1.165, 1.54) is 0 Å². The summed E-state index contributed by atoms with van der Waals surface area (Å²) in [5.74, 6) is -0.105. The van der Waals surface area contributed by atoms with Crippen molar-refractivity contribution in [3.8, 4) is 0 Å². The van der Waals surface area contributed by atoms with Crippen LogP contribution in [0.15, 0.2) is 0 Å². The van der Waals surface area contributed by atoms with Gasteiger partial charge in [-0.25, -0.2) is 0 Å². The molecule has 0 spiro atoms. The van der Waals surface area contributed by atoms with Crippen LogP contribution in [0.3, 0.4) is 0 Å². The standard InChI is InChI=1S/C16H34N4O2/c1-16(2,3)15(22)20(6)13(9-7-8-10-17)14(21)18-11-12-19(4)5/h13H,7-12,17H2,1-6H3,(H,18,21). The van der Waals surface area contributed by atoms with Crippen molar-refractivity contribution in [2.45, 2.75) is 46.1 Å². The molecule has 0 bridgehead atoms. The summed E-state index contributed by atoms with van der Waals surface area (Å²) in [6.45, 7) is 7.56. The predicted octanol–water partition coefficient (Wildman–Crippen LogP) is 0.666. The maximum absolute atomic E-state index is 12.4. The van der Waals surface area contributed by atoms with E-state index in [1.54, 1.807) is 11.9 Å². The Morgan fingerprint density at radius 1 is 1.14 bits per heavy atom. The molecule has 0 fully saturated rings. The average Bonchev–Trinajstić information content (AvgIpc) is 2.40. The molecular formula is C16H34N4O2. The molecule has 2 amide bonds. The van der Waals surface area contributed by atoms with E-state index in [0.717, 1.165) is 19.4 Å². The lowest BCUT2D eigenvalue weighted by atomic mass is 9.93. The van der Waals surface area contributed by atoms with Crippen molar-refractivity contribution in [3.05, 3.63) is 0 Å². The monoisotopic (exact) mass is 314 g/mol. The molecule has 0 aliphatic heterocycles. The highest BCUT2D eigenvalue weighted by Gasteiger charge is 2.32. The molecule has 0 saturated heterocycles. The third-order valence-corrected chi connectivity index (χ3v) is 3.52. The fourth-order valence-corrected chi connectivity index (χ4v) is 2.17. The molecular weight excluding hydrogens is 280 g/mol. The van der Waals surface area contributed by atoms with Crippen molar-refractivity contribution >= 4 is 11.8 Å². The van der Waals surface area contributed by atoms with Crippen LogP contribution in [0.25, 0.3) is 0 Å². The molecule has 1 unspecified atom stereocenters. The second-order valence-electron chi connectivity index (χ2n) is 7.06. The van der Waals surface area contributed by atoms with E-state index in [2.05, 4.69) is 5.32 Å². The maximum atomic E-state index is 12.4. The van der Waals surface area contributed by atoms with E-state index < -0.39 is 11.5 Å². The molecule has 0 radical (unpaired) electrons. The molecule has 6 heteroatoms. The summed E-state index contributed by atoms with van der Waals surface area (Å²) in [4.78, 5) is 28.5. The minimum absolute atomic E-state index is 0.0204. The van der Waals surface area contributed by atoms with E-state index in [0.29, 0.717) is 19.5 Å². The number of likely N-dealkylation sites (N-methyl/N-ethyl adjacent to an activating group) is 2. The van der Waals surface area contributed by atoms with Crippen LogP contribution >= 0.6 is 0 Å². The Bertz CT molecular complexity index is 351. The third kappa shape index (κ3) is 7.75. The first-order valence-electron chi connectivity index (χ1n) is 8.01. The molecule has 1 atom stereocenters. The second-order valence-corrected chi connectivity index (χ2v) is 7.06. The number of nitrogens with zero attached hydrogens (tertiary/aromatic N) is 2. The lowest BCUT2D eigenvalue weighted by Crippen LogP contribution is -2.51. The molecule has 0 heterocycles. The Hall–Kier alpha value is -1.14. The van der Waals surface area contributed by atoms with Crippen molar-refractivity contribution in [2.75, 3.05) is 40.8 Å². The zero-order valence-electron chi connectivity index (χ0n) is 15.1. The Morgan fingerprint density at radius 3 is 2.18 bits per heavy atom. The number of unbranched alkanes of at least 4 members (excludes halogenated alkanes) is 1. The number of carbonyl (C=O) groups excluding carboxylic acids is 2.